The molecule has 0 saturated heterocycles. The molecule has 2 amide bonds. The Kier molecular flexibility index (Phi) is 16.3. The highest BCUT2D eigenvalue weighted by Gasteiger charge is 2.20. The normalized spacial score (nSPS) is 10.8. The maximum Gasteiger partial charge on any atom is 0.320 e. The predicted octanol–water partition coefficient (Wildman–Crippen LogP) is 1.86. The van der Waals surface area contributed by atoms with E-state index in [1.807, 2.05) is 27.7 Å². The van der Waals surface area contributed by atoms with E-state index in [1.165, 1.54) is 0 Å². The standard InChI is InChI=1S/C17H36N2O5/c1-5-21-13-9-18(10-14-22-6-2)17(20)19(11-15-23-7-3)12-16-24-8-4/h5-16H2,1-4H3. The fourth-order valence-corrected chi connectivity index (χ4v) is 2.08. The summed E-state index contributed by atoms with van der Waals surface area (Å²) in [6.07, 6.45) is 0. The first-order valence-electron chi connectivity index (χ1n) is 9.05. The first kappa shape index (κ1) is 23.1. The van der Waals surface area contributed by atoms with Crippen molar-refractivity contribution in [3.8, 4) is 0 Å². The molecule has 0 aliphatic carbocycles. The minimum absolute atomic E-state index is 0.0196. The van der Waals surface area contributed by atoms with Gasteiger partial charge >= 0.3 is 6.03 Å². The predicted molar refractivity (Wildman–Crippen MR) is 94.5 cm³/mol. The van der Waals surface area contributed by atoms with Gasteiger partial charge in [-0.15, -0.1) is 0 Å². The molecule has 0 atom stereocenters. The minimum atomic E-state index is -0.0196. The molecule has 24 heavy (non-hydrogen) atoms. The summed E-state index contributed by atoms with van der Waals surface area (Å²) in [5.41, 5.74) is 0. The Morgan fingerprint density at radius 3 is 1.04 bits per heavy atom. The maximum absolute atomic E-state index is 12.8. The van der Waals surface area contributed by atoms with Crippen LogP contribution in [-0.4, -0.2) is 94.9 Å². The van der Waals surface area contributed by atoms with E-state index >= 15 is 0 Å². The molecular formula is C17H36N2O5. The highest BCUT2D eigenvalue weighted by atomic mass is 16.5. The van der Waals surface area contributed by atoms with Crippen molar-refractivity contribution in [3.63, 3.8) is 0 Å². The van der Waals surface area contributed by atoms with Crippen molar-refractivity contribution in [2.75, 3.05) is 79.0 Å². The Morgan fingerprint density at radius 2 is 0.833 bits per heavy atom. The number of hydrogen-bond donors (Lipinski definition) is 0. The Labute approximate surface area is 147 Å². The highest BCUT2D eigenvalue weighted by Crippen LogP contribution is 2.01. The molecule has 0 N–H and O–H groups in total. The summed E-state index contributed by atoms with van der Waals surface area (Å²) in [5, 5.41) is 0. The number of hydrogen-bond acceptors (Lipinski definition) is 5. The van der Waals surface area contributed by atoms with Crippen LogP contribution in [0.5, 0.6) is 0 Å². The van der Waals surface area contributed by atoms with Gasteiger partial charge in [-0.05, 0) is 27.7 Å². The lowest BCUT2D eigenvalue weighted by molar-refractivity contribution is 0.0619. The van der Waals surface area contributed by atoms with Gasteiger partial charge in [-0.3, -0.25) is 0 Å². The van der Waals surface area contributed by atoms with E-state index < -0.39 is 0 Å². The molecule has 0 unspecified atom stereocenters. The Bertz CT molecular complexity index is 246. The average Bonchev–Trinajstić information content (AvgIpc) is 2.59. The van der Waals surface area contributed by atoms with Crippen LogP contribution in [0.2, 0.25) is 0 Å². The second-order valence-corrected chi connectivity index (χ2v) is 5.04. The van der Waals surface area contributed by atoms with Crippen molar-refractivity contribution in [2.45, 2.75) is 27.7 Å². The summed E-state index contributed by atoms with van der Waals surface area (Å²) in [4.78, 5) is 16.4. The molecule has 0 aromatic rings. The van der Waals surface area contributed by atoms with Crippen LogP contribution in [0.4, 0.5) is 4.79 Å². The lowest BCUT2D eigenvalue weighted by atomic mass is 10.4. The van der Waals surface area contributed by atoms with E-state index in [4.69, 9.17) is 18.9 Å². The van der Waals surface area contributed by atoms with Gasteiger partial charge in [0.05, 0.1) is 26.4 Å². The van der Waals surface area contributed by atoms with Crippen LogP contribution >= 0.6 is 0 Å². The van der Waals surface area contributed by atoms with Gasteiger partial charge in [0.15, 0.2) is 0 Å². The molecule has 0 aromatic carbocycles. The smallest absolute Gasteiger partial charge is 0.320 e. The van der Waals surface area contributed by atoms with Crippen LogP contribution in [0.3, 0.4) is 0 Å². The molecule has 7 nitrogen and oxygen atoms in total. The molecule has 0 rings (SSSR count). The molecule has 0 bridgehead atoms. The van der Waals surface area contributed by atoms with Crippen LogP contribution in [0, 0.1) is 0 Å². The zero-order valence-electron chi connectivity index (χ0n) is 15.9. The van der Waals surface area contributed by atoms with Gasteiger partial charge in [0.1, 0.15) is 0 Å². The van der Waals surface area contributed by atoms with E-state index in [-0.39, 0.29) is 6.03 Å². The minimum Gasteiger partial charge on any atom is -0.380 e. The van der Waals surface area contributed by atoms with Crippen molar-refractivity contribution >= 4 is 6.03 Å². The van der Waals surface area contributed by atoms with E-state index in [0.29, 0.717) is 79.0 Å². The fraction of sp³-hybridized carbons (Fsp3) is 0.941. The third-order valence-electron chi connectivity index (χ3n) is 3.38. The first-order valence-corrected chi connectivity index (χ1v) is 9.05. The van der Waals surface area contributed by atoms with Gasteiger partial charge in [-0.2, -0.15) is 0 Å². The monoisotopic (exact) mass is 348 g/mol. The van der Waals surface area contributed by atoms with E-state index in [2.05, 4.69) is 0 Å². The van der Waals surface area contributed by atoms with E-state index in [1.54, 1.807) is 9.80 Å². The molecule has 0 spiro atoms. The molecular weight excluding hydrogens is 312 g/mol. The maximum atomic E-state index is 12.8. The van der Waals surface area contributed by atoms with Crippen molar-refractivity contribution in [1.29, 1.82) is 0 Å². The SMILES string of the molecule is CCOCCN(CCOCC)C(=O)N(CCOCC)CCOCC. The summed E-state index contributed by atoms with van der Waals surface area (Å²) in [6.45, 7) is 14.7. The van der Waals surface area contributed by atoms with Gasteiger partial charge in [-0.1, -0.05) is 0 Å². The van der Waals surface area contributed by atoms with Gasteiger partial charge in [0.25, 0.3) is 0 Å². The zero-order valence-corrected chi connectivity index (χ0v) is 15.9. The number of nitrogens with zero attached hydrogens (tertiary/aromatic N) is 2. The zero-order chi connectivity index (χ0) is 18.0. The van der Waals surface area contributed by atoms with Crippen LogP contribution in [0.15, 0.2) is 0 Å². The largest absolute Gasteiger partial charge is 0.380 e. The molecule has 0 aliphatic rings. The molecule has 0 fully saturated rings. The van der Waals surface area contributed by atoms with Crippen molar-refractivity contribution in [2.24, 2.45) is 0 Å². The molecule has 144 valence electrons. The van der Waals surface area contributed by atoms with Gasteiger partial charge in [0.2, 0.25) is 0 Å². The Hall–Kier alpha value is -0.890. The molecule has 0 radical (unpaired) electrons. The van der Waals surface area contributed by atoms with Crippen molar-refractivity contribution in [3.05, 3.63) is 0 Å². The van der Waals surface area contributed by atoms with Gasteiger partial charge < -0.3 is 28.7 Å². The topological polar surface area (TPSA) is 60.5 Å². The number of amides is 2. The van der Waals surface area contributed by atoms with E-state index in [0.717, 1.165) is 0 Å². The van der Waals surface area contributed by atoms with Gasteiger partial charge in [-0.25, -0.2) is 4.79 Å². The second-order valence-electron chi connectivity index (χ2n) is 5.04. The van der Waals surface area contributed by atoms with Crippen LogP contribution in [-0.2, 0) is 18.9 Å². The molecule has 7 heteroatoms. The van der Waals surface area contributed by atoms with Crippen molar-refractivity contribution in [1.82, 2.24) is 9.80 Å². The lowest BCUT2D eigenvalue weighted by Gasteiger charge is -2.30. The number of urea groups is 1. The molecule has 0 aliphatic heterocycles. The summed E-state index contributed by atoms with van der Waals surface area (Å²) in [6, 6.07) is -0.0196. The fourth-order valence-electron chi connectivity index (χ4n) is 2.08. The molecule has 0 saturated carbocycles. The lowest BCUT2D eigenvalue weighted by Crippen LogP contribution is -2.48. The number of carbonyl (C=O) groups is 1. The quantitative estimate of drug-likeness (QED) is 0.399. The van der Waals surface area contributed by atoms with Crippen LogP contribution < -0.4 is 0 Å². The molecule has 0 heterocycles. The highest BCUT2D eigenvalue weighted by molar-refractivity contribution is 5.74. The first-order chi connectivity index (χ1) is 11.7. The Balaban J connectivity index is 4.65. The number of rotatable bonds is 16. The summed E-state index contributed by atoms with van der Waals surface area (Å²) in [5.74, 6) is 0. The van der Waals surface area contributed by atoms with E-state index in [9.17, 15) is 4.79 Å². The number of ether oxygens (including phenoxy) is 4. The average molecular weight is 348 g/mol. The third kappa shape index (κ3) is 11.6. The van der Waals surface area contributed by atoms with Crippen LogP contribution in [0.1, 0.15) is 27.7 Å². The second kappa shape index (κ2) is 17.0. The van der Waals surface area contributed by atoms with Crippen LogP contribution in [0.25, 0.3) is 0 Å². The third-order valence-corrected chi connectivity index (χ3v) is 3.38. The summed E-state index contributed by atoms with van der Waals surface area (Å²) >= 11 is 0. The number of carbonyl (C=O) groups excluding carboxylic acids is 1. The van der Waals surface area contributed by atoms with Gasteiger partial charge in [0, 0.05) is 52.6 Å². The summed E-state index contributed by atoms with van der Waals surface area (Å²) in [7, 11) is 0. The summed E-state index contributed by atoms with van der Waals surface area (Å²) < 4.78 is 21.6. The Morgan fingerprint density at radius 1 is 0.583 bits per heavy atom. The molecule has 0 aromatic heterocycles. The van der Waals surface area contributed by atoms with Crippen molar-refractivity contribution < 1.29 is 23.7 Å².